The molecule has 0 spiro atoms. The Kier molecular flexibility index (Phi) is 2.11. The highest BCUT2D eigenvalue weighted by Gasteiger charge is 2.18. The zero-order valence-corrected chi connectivity index (χ0v) is 9.58. The van der Waals surface area contributed by atoms with Gasteiger partial charge in [0, 0.05) is 25.3 Å². The first kappa shape index (κ1) is 9.66. The van der Waals surface area contributed by atoms with Crippen LogP contribution in [0.2, 0.25) is 0 Å². The topological polar surface area (TPSA) is 43.0 Å². The van der Waals surface area contributed by atoms with Crippen LogP contribution in [0.25, 0.3) is 11.3 Å². The van der Waals surface area contributed by atoms with Crippen LogP contribution >= 0.6 is 0 Å². The molecule has 0 amide bonds. The lowest BCUT2D eigenvalue weighted by atomic mass is 10.1. The van der Waals surface area contributed by atoms with E-state index in [0.717, 1.165) is 36.7 Å². The van der Waals surface area contributed by atoms with Crippen LogP contribution < -0.4 is 5.32 Å². The smallest absolute Gasteiger partial charge is 0.143 e. The molecule has 0 aliphatic carbocycles. The van der Waals surface area contributed by atoms with Crippen molar-refractivity contribution in [2.45, 2.75) is 26.9 Å². The summed E-state index contributed by atoms with van der Waals surface area (Å²) in [5, 5.41) is 7.39. The van der Waals surface area contributed by atoms with Gasteiger partial charge in [-0.25, -0.2) is 0 Å². The summed E-state index contributed by atoms with van der Waals surface area (Å²) in [4.78, 5) is 0. The Morgan fingerprint density at radius 1 is 1.38 bits per heavy atom. The van der Waals surface area contributed by atoms with Crippen LogP contribution in [0.1, 0.15) is 17.1 Å². The van der Waals surface area contributed by atoms with Crippen LogP contribution in [0.15, 0.2) is 16.7 Å². The van der Waals surface area contributed by atoms with Gasteiger partial charge in [-0.05, 0) is 26.0 Å². The Labute approximate surface area is 94.2 Å². The highest BCUT2D eigenvalue weighted by atomic mass is 16.5. The fourth-order valence-electron chi connectivity index (χ4n) is 2.40. The zero-order valence-electron chi connectivity index (χ0n) is 9.58. The van der Waals surface area contributed by atoms with E-state index in [4.69, 9.17) is 4.52 Å². The molecule has 4 heteroatoms. The number of nitrogens with zero attached hydrogens (tertiary/aromatic N) is 2. The summed E-state index contributed by atoms with van der Waals surface area (Å²) >= 11 is 0. The van der Waals surface area contributed by atoms with E-state index in [1.807, 2.05) is 13.8 Å². The molecular formula is C12H15N3O. The van der Waals surface area contributed by atoms with Gasteiger partial charge in [0.2, 0.25) is 0 Å². The first-order chi connectivity index (χ1) is 7.77. The number of hydrogen-bond donors (Lipinski definition) is 1. The van der Waals surface area contributed by atoms with Crippen molar-refractivity contribution >= 4 is 0 Å². The monoisotopic (exact) mass is 217 g/mol. The number of hydrogen-bond acceptors (Lipinski definition) is 3. The summed E-state index contributed by atoms with van der Waals surface area (Å²) < 4.78 is 7.58. The average Bonchev–Trinajstić information content (AvgIpc) is 2.83. The average molecular weight is 217 g/mol. The van der Waals surface area contributed by atoms with E-state index in [-0.39, 0.29) is 0 Å². The number of aromatic nitrogens is 2. The first-order valence-corrected chi connectivity index (χ1v) is 5.60. The third-order valence-electron chi connectivity index (χ3n) is 3.18. The van der Waals surface area contributed by atoms with E-state index in [1.165, 1.54) is 11.4 Å². The minimum atomic E-state index is 0.900. The zero-order chi connectivity index (χ0) is 11.1. The quantitative estimate of drug-likeness (QED) is 0.793. The number of rotatable bonds is 1. The summed E-state index contributed by atoms with van der Waals surface area (Å²) in [7, 11) is 0. The third kappa shape index (κ3) is 1.30. The van der Waals surface area contributed by atoms with Crippen molar-refractivity contribution < 1.29 is 4.52 Å². The van der Waals surface area contributed by atoms with Gasteiger partial charge in [-0.3, -0.25) is 0 Å². The Hall–Kier alpha value is -1.55. The van der Waals surface area contributed by atoms with Crippen LogP contribution in [-0.2, 0) is 13.1 Å². The Morgan fingerprint density at radius 2 is 2.25 bits per heavy atom. The number of nitrogens with one attached hydrogen (secondary N) is 1. The van der Waals surface area contributed by atoms with Crippen LogP contribution in [0.3, 0.4) is 0 Å². The maximum absolute atomic E-state index is 5.23. The Balaban J connectivity index is 2.17. The number of aryl methyl sites for hydroxylation is 2. The maximum Gasteiger partial charge on any atom is 0.143 e. The molecule has 3 heterocycles. The highest BCUT2D eigenvalue weighted by molar-refractivity contribution is 5.65. The summed E-state index contributed by atoms with van der Waals surface area (Å²) in [6, 6.07) is 4.34. The minimum Gasteiger partial charge on any atom is -0.361 e. The van der Waals surface area contributed by atoms with Crippen molar-refractivity contribution in [3.05, 3.63) is 29.3 Å². The van der Waals surface area contributed by atoms with Gasteiger partial charge >= 0.3 is 0 Å². The van der Waals surface area contributed by atoms with Gasteiger partial charge in [-0.1, -0.05) is 5.16 Å². The molecule has 0 aromatic carbocycles. The van der Waals surface area contributed by atoms with Gasteiger partial charge in [0.1, 0.15) is 5.76 Å². The molecule has 1 aliphatic heterocycles. The molecule has 1 aliphatic rings. The van der Waals surface area contributed by atoms with Crippen molar-refractivity contribution in [3.63, 3.8) is 0 Å². The summed E-state index contributed by atoms with van der Waals surface area (Å²) in [5.74, 6) is 0.900. The standard InChI is InChI=1S/C12H15N3O/c1-8-12(9(2)16-14-8)11-4-3-10-7-13-5-6-15(10)11/h3-4,13H,5-7H2,1-2H3. The molecule has 0 unspecified atom stereocenters. The third-order valence-corrected chi connectivity index (χ3v) is 3.18. The minimum absolute atomic E-state index is 0.900. The predicted molar refractivity (Wildman–Crippen MR) is 61.1 cm³/mol. The molecule has 0 bridgehead atoms. The van der Waals surface area contributed by atoms with E-state index in [2.05, 4.69) is 27.2 Å². The second kappa shape index (κ2) is 3.49. The van der Waals surface area contributed by atoms with Gasteiger partial charge < -0.3 is 14.4 Å². The van der Waals surface area contributed by atoms with Crippen LogP contribution in [0, 0.1) is 13.8 Å². The van der Waals surface area contributed by atoms with Crippen molar-refractivity contribution in [1.29, 1.82) is 0 Å². The summed E-state index contributed by atoms with van der Waals surface area (Å²) in [6.07, 6.45) is 0. The molecule has 0 radical (unpaired) electrons. The molecule has 16 heavy (non-hydrogen) atoms. The Bertz CT molecular complexity index is 505. The molecule has 84 valence electrons. The highest BCUT2D eigenvalue weighted by Crippen LogP contribution is 2.29. The van der Waals surface area contributed by atoms with E-state index in [1.54, 1.807) is 0 Å². The molecule has 0 saturated carbocycles. The SMILES string of the molecule is Cc1noc(C)c1-c1ccc2n1CCNC2. The van der Waals surface area contributed by atoms with Gasteiger partial charge in [0.05, 0.1) is 17.0 Å². The maximum atomic E-state index is 5.23. The van der Waals surface area contributed by atoms with E-state index in [0.29, 0.717) is 0 Å². The fourth-order valence-corrected chi connectivity index (χ4v) is 2.40. The van der Waals surface area contributed by atoms with Gasteiger partial charge in [-0.2, -0.15) is 0 Å². The Morgan fingerprint density at radius 3 is 3.00 bits per heavy atom. The van der Waals surface area contributed by atoms with Crippen molar-refractivity contribution in [2.24, 2.45) is 0 Å². The molecule has 4 nitrogen and oxygen atoms in total. The van der Waals surface area contributed by atoms with Gasteiger partial charge in [-0.15, -0.1) is 0 Å². The summed E-state index contributed by atoms with van der Waals surface area (Å²) in [5.41, 5.74) is 4.68. The van der Waals surface area contributed by atoms with E-state index >= 15 is 0 Å². The van der Waals surface area contributed by atoms with Crippen LogP contribution in [-0.4, -0.2) is 16.3 Å². The second-order valence-corrected chi connectivity index (χ2v) is 4.24. The molecule has 0 fully saturated rings. The van der Waals surface area contributed by atoms with E-state index in [9.17, 15) is 0 Å². The lowest BCUT2D eigenvalue weighted by Crippen LogP contribution is -2.27. The van der Waals surface area contributed by atoms with Gasteiger partial charge in [0.15, 0.2) is 0 Å². The van der Waals surface area contributed by atoms with Crippen molar-refractivity contribution in [1.82, 2.24) is 15.0 Å². The number of fused-ring (bicyclic) bond motifs is 1. The molecule has 1 N–H and O–H groups in total. The van der Waals surface area contributed by atoms with Gasteiger partial charge in [0.25, 0.3) is 0 Å². The van der Waals surface area contributed by atoms with Crippen LogP contribution in [0.4, 0.5) is 0 Å². The predicted octanol–water partition coefficient (Wildman–Crippen LogP) is 1.86. The molecule has 0 saturated heterocycles. The lowest BCUT2D eigenvalue weighted by molar-refractivity contribution is 0.393. The fraction of sp³-hybridized carbons (Fsp3) is 0.417. The second-order valence-electron chi connectivity index (χ2n) is 4.24. The lowest BCUT2D eigenvalue weighted by Gasteiger charge is -2.19. The molecule has 2 aromatic heterocycles. The van der Waals surface area contributed by atoms with Crippen molar-refractivity contribution in [2.75, 3.05) is 6.54 Å². The van der Waals surface area contributed by atoms with Crippen LogP contribution in [0.5, 0.6) is 0 Å². The molecule has 2 aromatic rings. The normalized spacial score (nSPS) is 15.1. The molecule has 3 rings (SSSR count). The van der Waals surface area contributed by atoms with E-state index < -0.39 is 0 Å². The first-order valence-electron chi connectivity index (χ1n) is 5.60. The molecule has 0 atom stereocenters. The summed E-state index contributed by atoms with van der Waals surface area (Å²) in [6.45, 7) is 6.95. The van der Waals surface area contributed by atoms with Crippen molar-refractivity contribution in [3.8, 4) is 11.3 Å². The largest absolute Gasteiger partial charge is 0.361 e. The molecular weight excluding hydrogens is 202 g/mol.